The van der Waals surface area contributed by atoms with Crippen molar-refractivity contribution in [2.45, 2.75) is 77.4 Å². The topological polar surface area (TPSA) is 79.2 Å². The molecule has 2 aliphatic rings. The molecule has 0 radical (unpaired) electrons. The number of carbonyl (C=O) groups is 1. The average Bonchev–Trinajstić information content (AvgIpc) is 3.51. The number of fused-ring (bicyclic) bond motifs is 1. The summed E-state index contributed by atoms with van der Waals surface area (Å²) >= 11 is 0. The average molecular weight is 648 g/mol. The highest BCUT2D eigenvalue weighted by atomic mass is 19.4. The van der Waals surface area contributed by atoms with E-state index in [1.54, 1.807) is 6.07 Å². The Hall–Kier alpha value is -3.83. The number of piperazine rings is 1. The zero-order valence-electron chi connectivity index (χ0n) is 27.1. The number of benzene rings is 2. The minimum Gasteiger partial charge on any atom is -0.305 e. The second kappa shape index (κ2) is 14.9. The minimum atomic E-state index is -4.58. The third-order valence-electron chi connectivity index (χ3n) is 9.74. The van der Waals surface area contributed by atoms with E-state index in [0.717, 1.165) is 60.3 Å². The van der Waals surface area contributed by atoms with Crippen LogP contribution in [0.3, 0.4) is 0 Å². The van der Waals surface area contributed by atoms with Crippen molar-refractivity contribution in [2.24, 2.45) is 5.92 Å². The zero-order chi connectivity index (χ0) is 32.8. The SMILES string of the molecule is Cc1c(C(=O)Nc2ccc3cc(CN4CCN(CCC5CCCCCCCC5)CC4)ccc3n2)nnn1-c1ccccc1C(F)(F)F. The molecule has 4 aromatic rings. The van der Waals surface area contributed by atoms with Crippen LogP contribution in [0, 0.1) is 12.8 Å². The first-order valence-electron chi connectivity index (χ1n) is 17.0. The number of aromatic nitrogens is 4. The van der Waals surface area contributed by atoms with Gasteiger partial charge in [0.15, 0.2) is 5.69 Å². The lowest BCUT2D eigenvalue weighted by Crippen LogP contribution is -2.46. The monoisotopic (exact) mass is 647 g/mol. The summed E-state index contributed by atoms with van der Waals surface area (Å²) in [7, 11) is 0. The van der Waals surface area contributed by atoms with Crippen LogP contribution in [0.4, 0.5) is 19.0 Å². The van der Waals surface area contributed by atoms with Gasteiger partial charge in [-0.3, -0.25) is 9.69 Å². The Kier molecular flexibility index (Phi) is 10.5. The molecule has 3 heterocycles. The Bertz CT molecular complexity index is 1650. The molecule has 2 aromatic carbocycles. The van der Waals surface area contributed by atoms with Crippen molar-refractivity contribution in [2.75, 3.05) is 38.0 Å². The number of carbonyl (C=O) groups excluding carboxylic acids is 1. The van der Waals surface area contributed by atoms with Crippen molar-refractivity contribution >= 4 is 22.6 Å². The van der Waals surface area contributed by atoms with E-state index in [2.05, 4.69) is 42.5 Å². The highest BCUT2D eigenvalue weighted by Gasteiger charge is 2.34. The van der Waals surface area contributed by atoms with Crippen LogP contribution in [0.15, 0.2) is 54.6 Å². The van der Waals surface area contributed by atoms with Crippen LogP contribution in [-0.2, 0) is 12.7 Å². The predicted octanol–water partition coefficient (Wildman–Crippen LogP) is 7.65. The number of nitrogens with zero attached hydrogens (tertiary/aromatic N) is 6. The van der Waals surface area contributed by atoms with Crippen molar-refractivity contribution in [3.05, 3.63) is 77.1 Å². The summed E-state index contributed by atoms with van der Waals surface area (Å²) in [5.41, 5.74) is 1.03. The summed E-state index contributed by atoms with van der Waals surface area (Å²) in [5.74, 6) is 0.632. The van der Waals surface area contributed by atoms with Gasteiger partial charge in [-0.25, -0.2) is 9.67 Å². The molecular weight excluding hydrogens is 603 g/mol. The maximum atomic E-state index is 13.6. The molecule has 250 valence electrons. The summed E-state index contributed by atoms with van der Waals surface area (Å²) in [6.45, 7) is 7.99. The largest absolute Gasteiger partial charge is 0.418 e. The van der Waals surface area contributed by atoms with E-state index in [1.165, 1.54) is 95.0 Å². The molecule has 47 heavy (non-hydrogen) atoms. The quantitative estimate of drug-likeness (QED) is 0.212. The van der Waals surface area contributed by atoms with Crippen LogP contribution in [0.5, 0.6) is 0 Å². The summed E-state index contributed by atoms with van der Waals surface area (Å²) in [6.07, 6.45) is 8.09. The Balaban J connectivity index is 1.02. The number of alkyl halides is 3. The number of hydrogen-bond acceptors (Lipinski definition) is 6. The Morgan fingerprint density at radius 3 is 2.34 bits per heavy atom. The molecule has 11 heteroatoms. The van der Waals surface area contributed by atoms with Gasteiger partial charge in [0.1, 0.15) is 5.82 Å². The van der Waals surface area contributed by atoms with Crippen LogP contribution in [0.1, 0.15) is 85.1 Å². The fraction of sp³-hybridized carbons (Fsp3) is 0.500. The molecule has 0 atom stereocenters. The fourth-order valence-corrected chi connectivity index (χ4v) is 6.98. The molecular formula is C36H44F3N7O. The van der Waals surface area contributed by atoms with Gasteiger partial charge in [0.25, 0.3) is 5.91 Å². The summed E-state index contributed by atoms with van der Waals surface area (Å²) in [4.78, 5) is 22.8. The first-order chi connectivity index (χ1) is 22.7. The molecule has 0 bridgehead atoms. The number of halogens is 3. The van der Waals surface area contributed by atoms with E-state index >= 15 is 0 Å². The van der Waals surface area contributed by atoms with Crippen molar-refractivity contribution in [3.8, 4) is 5.69 Å². The number of nitrogens with one attached hydrogen (secondary N) is 1. The molecule has 1 amide bonds. The van der Waals surface area contributed by atoms with Crippen LogP contribution < -0.4 is 5.32 Å². The van der Waals surface area contributed by atoms with Crippen molar-refractivity contribution < 1.29 is 18.0 Å². The lowest BCUT2D eigenvalue weighted by molar-refractivity contribution is -0.137. The summed E-state index contributed by atoms with van der Waals surface area (Å²) < 4.78 is 41.7. The Labute approximate surface area is 274 Å². The van der Waals surface area contributed by atoms with E-state index in [1.807, 2.05) is 12.1 Å². The molecule has 6 rings (SSSR count). The summed E-state index contributed by atoms with van der Waals surface area (Å²) in [5, 5.41) is 11.4. The van der Waals surface area contributed by atoms with Crippen molar-refractivity contribution in [1.29, 1.82) is 0 Å². The Morgan fingerprint density at radius 2 is 1.60 bits per heavy atom. The van der Waals surface area contributed by atoms with Gasteiger partial charge in [-0.1, -0.05) is 74.8 Å². The molecule has 2 fully saturated rings. The molecule has 1 N–H and O–H groups in total. The predicted molar refractivity (Wildman–Crippen MR) is 178 cm³/mol. The molecule has 1 aliphatic carbocycles. The van der Waals surface area contributed by atoms with Gasteiger partial charge in [0, 0.05) is 38.1 Å². The maximum absolute atomic E-state index is 13.6. The van der Waals surface area contributed by atoms with Gasteiger partial charge in [-0.15, -0.1) is 5.10 Å². The van der Waals surface area contributed by atoms with E-state index in [0.29, 0.717) is 5.82 Å². The van der Waals surface area contributed by atoms with Gasteiger partial charge in [0.2, 0.25) is 0 Å². The first-order valence-corrected chi connectivity index (χ1v) is 17.0. The van der Waals surface area contributed by atoms with E-state index in [9.17, 15) is 18.0 Å². The van der Waals surface area contributed by atoms with E-state index in [-0.39, 0.29) is 17.1 Å². The lowest BCUT2D eigenvalue weighted by Gasteiger charge is -2.35. The van der Waals surface area contributed by atoms with Crippen LogP contribution in [0.2, 0.25) is 0 Å². The molecule has 0 spiro atoms. The second-order valence-corrected chi connectivity index (χ2v) is 13.1. The zero-order valence-corrected chi connectivity index (χ0v) is 27.1. The van der Waals surface area contributed by atoms with Crippen LogP contribution >= 0.6 is 0 Å². The van der Waals surface area contributed by atoms with Crippen molar-refractivity contribution in [1.82, 2.24) is 29.8 Å². The molecule has 2 aromatic heterocycles. The molecule has 0 unspecified atom stereocenters. The molecule has 8 nitrogen and oxygen atoms in total. The number of pyridine rings is 1. The highest BCUT2D eigenvalue weighted by Crippen LogP contribution is 2.34. The highest BCUT2D eigenvalue weighted by molar-refractivity contribution is 6.03. The van der Waals surface area contributed by atoms with E-state index in [4.69, 9.17) is 0 Å². The molecule has 1 saturated carbocycles. The molecule has 1 saturated heterocycles. The van der Waals surface area contributed by atoms with Gasteiger partial charge in [-0.2, -0.15) is 13.2 Å². The van der Waals surface area contributed by atoms with Gasteiger partial charge >= 0.3 is 6.18 Å². The number of hydrogen-bond donors (Lipinski definition) is 1. The normalized spacial score (nSPS) is 17.7. The third-order valence-corrected chi connectivity index (χ3v) is 9.74. The third kappa shape index (κ3) is 8.37. The van der Waals surface area contributed by atoms with Crippen molar-refractivity contribution in [3.63, 3.8) is 0 Å². The maximum Gasteiger partial charge on any atom is 0.418 e. The van der Waals surface area contributed by atoms with Gasteiger partial charge in [-0.05, 0) is 67.8 Å². The van der Waals surface area contributed by atoms with E-state index < -0.39 is 17.6 Å². The minimum absolute atomic E-state index is 0.0745. The Morgan fingerprint density at radius 1 is 0.894 bits per heavy atom. The van der Waals surface area contributed by atoms with Crippen LogP contribution in [-0.4, -0.2) is 68.4 Å². The van der Waals surface area contributed by atoms with Crippen LogP contribution in [0.25, 0.3) is 16.6 Å². The summed E-state index contributed by atoms with van der Waals surface area (Å²) in [6, 6.07) is 14.9. The number of para-hydroxylation sites is 1. The van der Waals surface area contributed by atoms with Gasteiger partial charge < -0.3 is 10.2 Å². The fourth-order valence-electron chi connectivity index (χ4n) is 6.98. The number of anilines is 1. The standard InChI is InChI=1S/C36H44F3N7O/c1-26-34(42-43-46(26)32-13-9-8-12-30(32)36(37,38)39)35(47)41-33-17-15-29-24-28(14-16-31(29)40-33)25-45-22-20-44(21-23-45)19-18-27-10-6-4-2-3-5-7-11-27/h8-9,12-17,24,27H,2-7,10-11,18-23,25H2,1H3,(H,40,41,47). The van der Waals surface area contributed by atoms with Gasteiger partial charge in [0.05, 0.1) is 22.5 Å². The first kappa shape index (κ1) is 33.1. The smallest absolute Gasteiger partial charge is 0.305 e. The lowest BCUT2D eigenvalue weighted by atomic mass is 9.93. The number of rotatable bonds is 8. The number of amides is 1. The molecule has 1 aliphatic heterocycles. The second-order valence-electron chi connectivity index (χ2n) is 13.1.